The fourth-order valence-corrected chi connectivity index (χ4v) is 4.26. The van der Waals surface area contributed by atoms with Crippen molar-refractivity contribution in [1.82, 2.24) is 19.6 Å². The van der Waals surface area contributed by atoms with Crippen LogP contribution in [0.4, 0.5) is 4.79 Å². The van der Waals surface area contributed by atoms with Gasteiger partial charge in [-0.15, -0.1) is 0 Å². The Labute approximate surface area is 164 Å². The molecule has 1 spiro atoms. The summed E-state index contributed by atoms with van der Waals surface area (Å²) >= 11 is 5.92. The molecule has 3 amide bonds. The molecule has 1 saturated heterocycles. The summed E-state index contributed by atoms with van der Waals surface area (Å²) in [5, 5.41) is 3.29. The van der Waals surface area contributed by atoms with Crippen LogP contribution < -0.4 is 10.9 Å². The number of hydrogen-bond donors (Lipinski definition) is 1. The van der Waals surface area contributed by atoms with Gasteiger partial charge in [0.2, 0.25) is 0 Å². The topological polar surface area (TPSA) is 83.8 Å². The number of fused-ring (bicyclic) bond motifs is 3. The quantitative estimate of drug-likeness (QED) is 0.676. The standard InChI is InChI=1S/C20H15ClN4O3/c21-13-5-6-16-22-14(9-17(26)24(16)10-13)11-25-18(27)20(23-19(25)28)8-7-12-3-1-2-4-15(12)20/h1-6,9-10H,7-8,11H2,(H,23,28). The third kappa shape index (κ3) is 2.36. The monoisotopic (exact) mass is 394 g/mol. The third-order valence-corrected chi connectivity index (χ3v) is 5.64. The summed E-state index contributed by atoms with van der Waals surface area (Å²) in [5.74, 6) is -0.305. The number of nitrogens with one attached hydrogen (secondary N) is 1. The predicted octanol–water partition coefficient (Wildman–Crippen LogP) is 2.24. The van der Waals surface area contributed by atoms with E-state index < -0.39 is 11.6 Å². The number of pyridine rings is 1. The predicted molar refractivity (Wildman–Crippen MR) is 102 cm³/mol. The first-order valence-corrected chi connectivity index (χ1v) is 9.26. The number of imide groups is 1. The Balaban J connectivity index is 1.51. The molecule has 3 aromatic rings. The van der Waals surface area contributed by atoms with Gasteiger partial charge in [-0.2, -0.15) is 0 Å². The number of hydrogen-bond acceptors (Lipinski definition) is 4. The highest BCUT2D eigenvalue weighted by Gasteiger charge is 2.55. The van der Waals surface area contributed by atoms with E-state index in [1.807, 2.05) is 24.3 Å². The molecule has 3 heterocycles. The summed E-state index contributed by atoms with van der Waals surface area (Å²) in [4.78, 5) is 43.7. The lowest BCUT2D eigenvalue weighted by molar-refractivity contribution is -0.132. The first-order valence-electron chi connectivity index (χ1n) is 8.88. The van der Waals surface area contributed by atoms with E-state index in [2.05, 4.69) is 10.3 Å². The number of carbonyl (C=O) groups excluding carboxylic acids is 2. The van der Waals surface area contributed by atoms with Crippen molar-refractivity contribution in [2.75, 3.05) is 0 Å². The molecule has 1 fully saturated rings. The van der Waals surface area contributed by atoms with Crippen molar-refractivity contribution >= 4 is 29.2 Å². The number of carbonyl (C=O) groups is 2. The second kappa shape index (κ2) is 5.90. The number of halogens is 1. The van der Waals surface area contributed by atoms with Crippen LogP contribution in [0.5, 0.6) is 0 Å². The molecule has 28 heavy (non-hydrogen) atoms. The zero-order valence-electron chi connectivity index (χ0n) is 14.7. The number of rotatable bonds is 2. The van der Waals surface area contributed by atoms with E-state index in [-0.39, 0.29) is 18.0 Å². The van der Waals surface area contributed by atoms with Gasteiger partial charge in [0.15, 0.2) is 0 Å². The van der Waals surface area contributed by atoms with E-state index in [0.717, 1.165) is 22.4 Å². The number of nitrogens with zero attached hydrogens (tertiary/aromatic N) is 3. The maximum Gasteiger partial charge on any atom is 0.325 e. The minimum absolute atomic E-state index is 0.0665. The summed E-state index contributed by atoms with van der Waals surface area (Å²) in [6.07, 6.45) is 2.74. The zero-order chi connectivity index (χ0) is 19.5. The van der Waals surface area contributed by atoms with Gasteiger partial charge in [-0.05, 0) is 36.1 Å². The lowest BCUT2D eigenvalue weighted by Gasteiger charge is -2.22. The minimum Gasteiger partial charge on any atom is -0.319 e. The van der Waals surface area contributed by atoms with Crippen molar-refractivity contribution in [3.05, 3.63) is 80.9 Å². The summed E-state index contributed by atoms with van der Waals surface area (Å²) in [5.41, 5.74) is 1.32. The lowest BCUT2D eigenvalue weighted by atomic mass is 9.92. The molecule has 1 N–H and O–H groups in total. The molecule has 5 rings (SSSR count). The summed E-state index contributed by atoms with van der Waals surface area (Å²) < 4.78 is 1.33. The van der Waals surface area contributed by atoms with Crippen LogP contribution in [-0.2, 0) is 23.3 Å². The molecule has 1 unspecified atom stereocenters. The van der Waals surface area contributed by atoms with Gasteiger partial charge in [-0.1, -0.05) is 35.9 Å². The first-order chi connectivity index (χ1) is 13.5. The molecular weight excluding hydrogens is 380 g/mol. The molecule has 8 heteroatoms. The Bertz CT molecular complexity index is 1220. The van der Waals surface area contributed by atoms with Crippen LogP contribution in [0.2, 0.25) is 5.02 Å². The van der Waals surface area contributed by atoms with Gasteiger partial charge in [0.05, 0.1) is 17.3 Å². The average molecular weight is 395 g/mol. The molecule has 1 atom stereocenters. The van der Waals surface area contributed by atoms with Crippen molar-refractivity contribution < 1.29 is 9.59 Å². The molecule has 1 aliphatic carbocycles. The Morgan fingerprint density at radius 3 is 2.82 bits per heavy atom. The molecular formula is C20H15ClN4O3. The van der Waals surface area contributed by atoms with Gasteiger partial charge in [-0.3, -0.25) is 18.9 Å². The molecule has 1 aromatic carbocycles. The summed E-state index contributed by atoms with van der Waals surface area (Å²) in [6, 6.07) is 11.7. The van der Waals surface area contributed by atoms with E-state index in [1.165, 1.54) is 16.7 Å². The van der Waals surface area contributed by atoms with E-state index in [1.54, 1.807) is 12.1 Å². The van der Waals surface area contributed by atoms with Crippen LogP contribution in [0, 0.1) is 0 Å². The Morgan fingerprint density at radius 2 is 1.96 bits per heavy atom. The largest absolute Gasteiger partial charge is 0.325 e. The molecule has 0 radical (unpaired) electrons. The van der Waals surface area contributed by atoms with E-state index >= 15 is 0 Å². The van der Waals surface area contributed by atoms with Gasteiger partial charge in [0.25, 0.3) is 11.5 Å². The van der Waals surface area contributed by atoms with E-state index in [0.29, 0.717) is 22.8 Å². The van der Waals surface area contributed by atoms with Crippen LogP contribution in [0.3, 0.4) is 0 Å². The lowest BCUT2D eigenvalue weighted by Crippen LogP contribution is -2.41. The number of urea groups is 1. The van der Waals surface area contributed by atoms with Crippen LogP contribution in [0.15, 0.2) is 53.5 Å². The Morgan fingerprint density at radius 1 is 1.14 bits per heavy atom. The second-order valence-corrected chi connectivity index (χ2v) is 7.48. The summed E-state index contributed by atoms with van der Waals surface area (Å²) in [7, 11) is 0. The van der Waals surface area contributed by atoms with E-state index in [4.69, 9.17) is 11.6 Å². The molecule has 7 nitrogen and oxygen atoms in total. The normalized spacial score (nSPS) is 20.8. The maximum absolute atomic E-state index is 13.2. The van der Waals surface area contributed by atoms with Gasteiger partial charge in [0.1, 0.15) is 11.2 Å². The molecule has 2 aliphatic rings. The van der Waals surface area contributed by atoms with Crippen LogP contribution in [0.25, 0.3) is 5.65 Å². The fraction of sp³-hybridized carbons (Fsp3) is 0.200. The van der Waals surface area contributed by atoms with Gasteiger partial charge < -0.3 is 5.32 Å². The number of aromatic nitrogens is 2. The first kappa shape index (κ1) is 16.9. The van der Waals surface area contributed by atoms with Crippen LogP contribution >= 0.6 is 11.6 Å². The third-order valence-electron chi connectivity index (χ3n) is 5.42. The number of amides is 3. The fourth-order valence-electron chi connectivity index (χ4n) is 4.10. The van der Waals surface area contributed by atoms with Crippen molar-refractivity contribution in [2.45, 2.75) is 24.9 Å². The minimum atomic E-state index is -1.02. The highest BCUT2D eigenvalue weighted by molar-refractivity contribution is 6.30. The van der Waals surface area contributed by atoms with Crippen LogP contribution in [0.1, 0.15) is 23.2 Å². The van der Waals surface area contributed by atoms with E-state index in [9.17, 15) is 14.4 Å². The zero-order valence-corrected chi connectivity index (χ0v) is 15.4. The van der Waals surface area contributed by atoms with Gasteiger partial charge in [0, 0.05) is 12.3 Å². The SMILES string of the molecule is O=C1NC2(CCc3ccccc32)C(=O)N1Cc1cc(=O)n2cc(Cl)ccc2n1. The molecule has 140 valence electrons. The number of aryl methyl sites for hydroxylation is 1. The van der Waals surface area contributed by atoms with Crippen molar-refractivity contribution in [1.29, 1.82) is 0 Å². The molecule has 1 aliphatic heterocycles. The van der Waals surface area contributed by atoms with Crippen molar-refractivity contribution in [2.24, 2.45) is 0 Å². The average Bonchev–Trinajstić information content (AvgIpc) is 3.16. The summed E-state index contributed by atoms with van der Waals surface area (Å²) in [6.45, 7) is -0.0665. The van der Waals surface area contributed by atoms with Gasteiger partial charge >= 0.3 is 6.03 Å². The van der Waals surface area contributed by atoms with Crippen molar-refractivity contribution in [3.8, 4) is 0 Å². The van der Waals surface area contributed by atoms with Crippen LogP contribution in [-0.4, -0.2) is 26.2 Å². The maximum atomic E-state index is 13.2. The molecule has 0 bridgehead atoms. The number of benzene rings is 1. The van der Waals surface area contributed by atoms with Crippen molar-refractivity contribution in [3.63, 3.8) is 0 Å². The molecule has 2 aromatic heterocycles. The highest BCUT2D eigenvalue weighted by Crippen LogP contribution is 2.41. The smallest absolute Gasteiger partial charge is 0.319 e. The molecule has 0 saturated carbocycles. The Kier molecular flexibility index (Phi) is 3.57. The van der Waals surface area contributed by atoms with Gasteiger partial charge in [-0.25, -0.2) is 9.78 Å². The highest BCUT2D eigenvalue weighted by atomic mass is 35.5. The second-order valence-electron chi connectivity index (χ2n) is 7.05. The Hall–Kier alpha value is -3.19.